The molecule has 0 atom stereocenters. The van der Waals surface area contributed by atoms with Crippen LogP contribution in [0, 0.1) is 0 Å². The van der Waals surface area contributed by atoms with E-state index in [1.54, 1.807) is 25.5 Å². The first-order valence-corrected chi connectivity index (χ1v) is 7.34. The Morgan fingerprint density at radius 3 is 2.71 bits per heavy atom. The van der Waals surface area contributed by atoms with Gasteiger partial charge < -0.3 is 19.8 Å². The Balaban J connectivity index is 1.51. The monoisotopic (exact) mass is 327 g/mol. The van der Waals surface area contributed by atoms with E-state index in [0.717, 1.165) is 11.3 Å². The molecule has 1 aromatic carbocycles. The summed E-state index contributed by atoms with van der Waals surface area (Å²) in [7, 11) is 1.61. The number of aromatic nitrogens is 3. The van der Waals surface area contributed by atoms with Gasteiger partial charge in [-0.3, -0.25) is 5.10 Å². The summed E-state index contributed by atoms with van der Waals surface area (Å²) in [5.41, 5.74) is 0.862. The molecule has 0 spiro atoms. The number of amides is 2. The highest BCUT2D eigenvalue weighted by Gasteiger charge is 2.08. The highest BCUT2D eigenvalue weighted by atomic mass is 16.5. The standard InChI is InChI=1S/C16H17N5O3/c1-23-12-6-4-11(5-7-12)15-19-14(20-21-15)10-18-16(22)17-9-13-3-2-8-24-13/h2-8H,9-10H2,1H3,(H2,17,18,22)(H,19,20,21). The molecule has 0 bridgehead atoms. The number of aromatic amines is 1. The lowest BCUT2D eigenvalue weighted by Gasteiger charge is -2.04. The SMILES string of the molecule is COc1ccc(-c2n[nH]c(CNC(=O)NCc3ccco3)n2)cc1. The third-order valence-corrected chi connectivity index (χ3v) is 3.30. The minimum Gasteiger partial charge on any atom is -0.497 e. The quantitative estimate of drug-likeness (QED) is 0.643. The molecule has 3 N–H and O–H groups in total. The molecule has 2 amide bonds. The Hall–Kier alpha value is -3.29. The molecule has 8 heteroatoms. The van der Waals surface area contributed by atoms with Gasteiger partial charge in [-0.05, 0) is 36.4 Å². The summed E-state index contributed by atoms with van der Waals surface area (Å²) in [6.45, 7) is 0.569. The van der Waals surface area contributed by atoms with Gasteiger partial charge in [0.05, 0.1) is 26.5 Å². The van der Waals surface area contributed by atoms with Crippen LogP contribution in [0.4, 0.5) is 4.79 Å². The smallest absolute Gasteiger partial charge is 0.315 e. The molecule has 0 aliphatic heterocycles. The van der Waals surface area contributed by atoms with Crippen LogP contribution in [0.3, 0.4) is 0 Å². The van der Waals surface area contributed by atoms with Gasteiger partial charge in [0.2, 0.25) is 0 Å². The topological polar surface area (TPSA) is 105 Å². The molecule has 24 heavy (non-hydrogen) atoms. The van der Waals surface area contributed by atoms with E-state index >= 15 is 0 Å². The summed E-state index contributed by atoms with van der Waals surface area (Å²) in [4.78, 5) is 16.1. The van der Waals surface area contributed by atoms with Crippen molar-refractivity contribution in [1.82, 2.24) is 25.8 Å². The zero-order chi connectivity index (χ0) is 16.8. The fourth-order valence-corrected chi connectivity index (χ4v) is 2.05. The van der Waals surface area contributed by atoms with Crippen LogP contribution in [0.5, 0.6) is 5.75 Å². The van der Waals surface area contributed by atoms with Crippen molar-refractivity contribution in [2.45, 2.75) is 13.1 Å². The van der Waals surface area contributed by atoms with Crippen LogP contribution >= 0.6 is 0 Å². The minimum absolute atomic E-state index is 0.243. The van der Waals surface area contributed by atoms with E-state index in [9.17, 15) is 4.79 Å². The zero-order valence-corrected chi connectivity index (χ0v) is 13.1. The third kappa shape index (κ3) is 3.92. The van der Waals surface area contributed by atoms with Crippen LogP contribution in [0.15, 0.2) is 47.1 Å². The van der Waals surface area contributed by atoms with Crippen LogP contribution in [0.2, 0.25) is 0 Å². The number of nitrogens with zero attached hydrogens (tertiary/aromatic N) is 2. The molecule has 2 heterocycles. The van der Waals surface area contributed by atoms with Gasteiger partial charge in [0, 0.05) is 5.56 Å². The number of H-pyrrole nitrogens is 1. The molecule has 0 fully saturated rings. The number of hydrogen-bond acceptors (Lipinski definition) is 5. The van der Waals surface area contributed by atoms with Gasteiger partial charge in [0.25, 0.3) is 0 Å². The molecule has 2 aromatic heterocycles. The average molecular weight is 327 g/mol. The van der Waals surface area contributed by atoms with Crippen molar-refractivity contribution in [1.29, 1.82) is 0 Å². The molecule has 0 unspecified atom stereocenters. The van der Waals surface area contributed by atoms with E-state index in [2.05, 4.69) is 25.8 Å². The van der Waals surface area contributed by atoms with Crippen molar-refractivity contribution in [3.05, 3.63) is 54.2 Å². The summed E-state index contributed by atoms with van der Waals surface area (Å²) >= 11 is 0. The highest BCUT2D eigenvalue weighted by molar-refractivity contribution is 5.73. The number of urea groups is 1. The predicted molar refractivity (Wildman–Crippen MR) is 86.2 cm³/mol. The van der Waals surface area contributed by atoms with Crippen LogP contribution in [-0.4, -0.2) is 28.3 Å². The largest absolute Gasteiger partial charge is 0.497 e. The maximum atomic E-state index is 11.7. The van der Waals surface area contributed by atoms with Crippen molar-refractivity contribution >= 4 is 6.03 Å². The molecule has 0 aliphatic carbocycles. The first kappa shape index (κ1) is 15.6. The van der Waals surface area contributed by atoms with E-state index in [1.807, 2.05) is 24.3 Å². The Morgan fingerprint density at radius 2 is 2.00 bits per heavy atom. The summed E-state index contributed by atoms with van der Waals surface area (Å²) < 4.78 is 10.3. The number of hydrogen-bond donors (Lipinski definition) is 3. The van der Waals surface area contributed by atoms with Crippen LogP contribution in [-0.2, 0) is 13.1 Å². The zero-order valence-electron chi connectivity index (χ0n) is 13.1. The van der Waals surface area contributed by atoms with Gasteiger partial charge in [-0.25, -0.2) is 9.78 Å². The predicted octanol–water partition coefficient (Wildman–Crippen LogP) is 2.07. The summed E-state index contributed by atoms with van der Waals surface area (Å²) in [5, 5.41) is 12.3. The number of furan rings is 1. The number of carbonyl (C=O) groups is 1. The molecule has 3 rings (SSSR count). The lowest BCUT2D eigenvalue weighted by atomic mass is 10.2. The molecule has 0 aliphatic rings. The summed E-state index contributed by atoms with van der Waals surface area (Å²) in [5.74, 6) is 2.58. The Labute approximate surface area is 138 Å². The van der Waals surface area contributed by atoms with Gasteiger partial charge in [0.15, 0.2) is 5.82 Å². The van der Waals surface area contributed by atoms with E-state index < -0.39 is 0 Å². The van der Waals surface area contributed by atoms with E-state index in [0.29, 0.717) is 24.0 Å². The number of rotatable bonds is 6. The summed E-state index contributed by atoms with van der Waals surface area (Å²) in [6, 6.07) is 10.7. The van der Waals surface area contributed by atoms with Crippen LogP contribution < -0.4 is 15.4 Å². The molecular weight excluding hydrogens is 310 g/mol. The molecular formula is C16H17N5O3. The van der Waals surface area contributed by atoms with Gasteiger partial charge in [-0.2, -0.15) is 5.10 Å². The number of ether oxygens (including phenoxy) is 1. The number of nitrogens with one attached hydrogen (secondary N) is 3. The molecule has 8 nitrogen and oxygen atoms in total. The van der Waals surface area contributed by atoms with Crippen LogP contribution in [0.25, 0.3) is 11.4 Å². The van der Waals surface area contributed by atoms with Gasteiger partial charge in [-0.15, -0.1) is 0 Å². The van der Waals surface area contributed by atoms with Crippen molar-refractivity contribution < 1.29 is 13.9 Å². The lowest BCUT2D eigenvalue weighted by molar-refractivity contribution is 0.239. The van der Waals surface area contributed by atoms with E-state index in [4.69, 9.17) is 9.15 Å². The molecule has 0 saturated heterocycles. The Morgan fingerprint density at radius 1 is 1.21 bits per heavy atom. The highest BCUT2D eigenvalue weighted by Crippen LogP contribution is 2.18. The maximum Gasteiger partial charge on any atom is 0.315 e. The fourth-order valence-electron chi connectivity index (χ4n) is 2.05. The molecule has 3 aromatic rings. The van der Waals surface area contributed by atoms with E-state index in [-0.39, 0.29) is 12.6 Å². The number of carbonyl (C=O) groups excluding carboxylic acids is 1. The third-order valence-electron chi connectivity index (χ3n) is 3.30. The van der Waals surface area contributed by atoms with Crippen molar-refractivity contribution in [2.75, 3.05) is 7.11 Å². The first-order chi connectivity index (χ1) is 11.7. The van der Waals surface area contributed by atoms with E-state index in [1.165, 1.54) is 0 Å². The van der Waals surface area contributed by atoms with Crippen molar-refractivity contribution in [3.63, 3.8) is 0 Å². The second-order valence-corrected chi connectivity index (χ2v) is 4.95. The Bertz CT molecular complexity index is 780. The normalized spacial score (nSPS) is 10.4. The van der Waals surface area contributed by atoms with Gasteiger partial charge >= 0.3 is 6.03 Å². The van der Waals surface area contributed by atoms with Crippen molar-refractivity contribution in [2.24, 2.45) is 0 Å². The van der Waals surface area contributed by atoms with Gasteiger partial charge in [0.1, 0.15) is 17.3 Å². The Kier molecular flexibility index (Phi) is 4.76. The number of benzene rings is 1. The fraction of sp³-hybridized carbons (Fsp3) is 0.188. The van der Waals surface area contributed by atoms with Crippen molar-refractivity contribution in [3.8, 4) is 17.1 Å². The van der Waals surface area contributed by atoms with Gasteiger partial charge in [-0.1, -0.05) is 0 Å². The minimum atomic E-state index is -0.311. The second kappa shape index (κ2) is 7.32. The first-order valence-electron chi connectivity index (χ1n) is 7.34. The van der Waals surface area contributed by atoms with Crippen LogP contribution in [0.1, 0.15) is 11.6 Å². The number of methoxy groups -OCH3 is 1. The second-order valence-electron chi connectivity index (χ2n) is 4.95. The molecule has 0 radical (unpaired) electrons. The average Bonchev–Trinajstić information content (AvgIpc) is 3.30. The lowest BCUT2D eigenvalue weighted by Crippen LogP contribution is -2.34. The summed E-state index contributed by atoms with van der Waals surface area (Å²) in [6.07, 6.45) is 1.56. The molecule has 124 valence electrons. The maximum absolute atomic E-state index is 11.7. The molecule has 0 saturated carbocycles.